The summed E-state index contributed by atoms with van der Waals surface area (Å²) in [5, 5.41) is 8.66. The van der Waals surface area contributed by atoms with E-state index in [0.717, 1.165) is 24.8 Å². The minimum absolute atomic E-state index is 0.228. The molecule has 0 radical (unpaired) electrons. The summed E-state index contributed by atoms with van der Waals surface area (Å²) in [6, 6.07) is 5.73. The van der Waals surface area contributed by atoms with Crippen LogP contribution in [0, 0.1) is 5.92 Å². The fraction of sp³-hybridized carbons (Fsp3) is 0.467. The highest BCUT2D eigenvalue weighted by atomic mass is 16.5. The highest BCUT2D eigenvalue weighted by Gasteiger charge is 2.22. The zero-order valence-corrected chi connectivity index (χ0v) is 11.0. The standard InChI is InChI=1S/C15H18O4/c1-10(16)7-11-5-6-13-12(8-11)3-2-4-14(13)19-9-15(17)18/h2-4,11H,5-9H2,1H3,(H,17,18). The third kappa shape index (κ3) is 3.56. The minimum Gasteiger partial charge on any atom is -0.482 e. The van der Waals surface area contributed by atoms with Crippen molar-refractivity contribution >= 4 is 11.8 Å². The first kappa shape index (κ1) is 13.6. The molecule has 1 unspecified atom stereocenters. The first-order valence-corrected chi connectivity index (χ1v) is 6.51. The van der Waals surface area contributed by atoms with Gasteiger partial charge in [-0.1, -0.05) is 12.1 Å². The van der Waals surface area contributed by atoms with E-state index in [2.05, 4.69) is 0 Å². The number of carbonyl (C=O) groups is 2. The Kier molecular flexibility index (Phi) is 4.20. The highest BCUT2D eigenvalue weighted by molar-refractivity contribution is 5.75. The molecule has 1 aliphatic carbocycles. The maximum absolute atomic E-state index is 11.2. The number of carboxylic acids is 1. The van der Waals surface area contributed by atoms with E-state index in [0.29, 0.717) is 18.1 Å². The van der Waals surface area contributed by atoms with Gasteiger partial charge in [-0.05, 0) is 49.3 Å². The largest absolute Gasteiger partial charge is 0.482 e. The number of carbonyl (C=O) groups excluding carboxylic acids is 1. The number of hydrogen-bond donors (Lipinski definition) is 1. The molecule has 0 heterocycles. The maximum Gasteiger partial charge on any atom is 0.341 e. The summed E-state index contributed by atoms with van der Waals surface area (Å²) in [6.45, 7) is 1.31. The number of Topliss-reactive ketones (excluding diaryl/α,β-unsaturated/α-hetero) is 1. The Bertz CT molecular complexity index is 493. The quantitative estimate of drug-likeness (QED) is 0.883. The van der Waals surface area contributed by atoms with Crippen LogP contribution in [-0.4, -0.2) is 23.5 Å². The molecule has 0 fully saturated rings. The Labute approximate surface area is 112 Å². The molecule has 2 rings (SSSR count). The lowest BCUT2D eigenvalue weighted by molar-refractivity contribution is -0.139. The molecule has 0 bridgehead atoms. The second kappa shape index (κ2) is 5.87. The van der Waals surface area contributed by atoms with E-state index < -0.39 is 5.97 Å². The lowest BCUT2D eigenvalue weighted by Crippen LogP contribution is -2.18. The van der Waals surface area contributed by atoms with Crippen molar-refractivity contribution in [2.45, 2.75) is 32.6 Å². The van der Waals surface area contributed by atoms with Crippen molar-refractivity contribution in [3.63, 3.8) is 0 Å². The van der Waals surface area contributed by atoms with Gasteiger partial charge in [0.05, 0.1) is 0 Å². The summed E-state index contributed by atoms with van der Waals surface area (Å²) in [5.41, 5.74) is 2.28. The van der Waals surface area contributed by atoms with Gasteiger partial charge in [-0.3, -0.25) is 0 Å². The summed E-state index contributed by atoms with van der Waals surface area (Å²) >= 11 is 0. The van der Waals surface area contributed by atoms with E-state index >= 15 is 0 Å². The van der Waals surface area contributed by atoms with Crippen LogP contribution >= 0.6 is 0 Å². The van der Waals surface area contributed by atoms with Gasteiger partial charge in [0.1, 0.15) is 11.5 Å². The molecule has 1 aromatic rings. The fourth-order valence-corrected chi connectivity index (χ4v) is 2.70. The lowest BCUT2D eigenvalue weighted by atomic mass is 9.81. The van der Waals surface area contributed by atoms with E-state index in [1.165, 1.54) is 5.56 Å². The summed E-state index contributed by atoms with van der Waals surface area (Å²) in [6.07, 6.45) is 3.31. The smallest absolute Gasteiger partial charge is 0.341 e. The molecule has 0 saturated carbocycles. The molecule has 1 aromatic carbocycles. The number of aliphatic carboxylic acids is 1. The Hall–Kier alpha value is -1.84. The number of ether oxygens (including phenoxy) is 1. The Balaban J connectivity index is 2.11. The van der Waals surface area contributed by atoms with Gasteiger partial charge in [0, 0.05) is 6.42 Å². The van der Waals surface area contributed by atoms with E-state index in [1.54, 1.807) is 6.92 Å². The minimum atomic E-state index is -0.970. The van der Waals surface area contributed by atoms with Crippen LogP contribution in [-0.2, 0) is 22.4 Å². The predicted molar refractivity (Wildman–Crippen MR) is 70.4 cm³/mol. The van der Waals surface area contributed by atoms with Gasteiger partial charge in [0.25, 0.3) is 0 Å². The van der Waals surface area contributed by atoms with Crippen molar-refractivity contribution in [3.05, 3.63) is 29.3 Å². The van der Waals surface area contributed by atoms with E-state index in [-0.39, 0.29) is 12.4 Å². The molecule has 0 aromatic heterocycles. The van der Waals surface area contributed by atoms with Gasteiger partial charge in [-0.25, -0.2) is 4.79 Å². The van der Waals surface area contributed by atoms with Crippen molar-refractivity contribution in [2.24, 2.45) is 5.92 Å². The Morgan fingerprint density at radius 2 is 2.21 bits per heavy atom. The van der Waals surface area contributed by atoms with Crippen LogP contribution in [0.4, 0.5) is 0 Å². The molecule has 102 valence electrons. The van der Waals surface area contributed by atoms with Gasteiger partial charge in [-0.2, -0.15) is 0 Å². The Morgan fingerprint density at radius 1 is 1.42 bits per heavy atom. The average molecular weight is 262 g/mol. The summed E-state index contributed by atoms with van der Waals surface area (Å²) in [7, 11) is 0. The number of rotatable bonds is 5. The van der Waals surface area contributed by atoms with Crippen LogP contribution < -0.4 is 4.74 Å². The van der Waals surface area contributed by atoms with Crippen LogP contribution in [0.3, 0.4) is 0 Å². The van der Waals surface area contributed by atoms with Crippen LogP contribution in [0.25, 0.3) is 0 Å². The number of benzene rings is 1. The average Bonchev–Trinajstić information content (AvgIpc) is 2.35. The third-order valence-electron chi connectivity index (χ3n) is 3.47. The molecular formula is C15H18O4. The number of ketones is 1. The number of carboxylic acid groups (broad SMARTS) is 1. The van der Waals surface area contributed by atoms with Crippen molar-refractivity contribution in [1.29, 1.82) is 0 Å². The molecule has 0 aliphatic heterocycles. The molecule has 19 heavy (non-hydrogen) atoms. The lowest BCUT2D eigenvalue weighted by Gasteiger charge is -2.25. The van der Waals surface area contributed by atoms with Gasteiger partial charge >= 0.3 is 5.97 Å². The monoisotopic (exact) mass is 262 g/mol. The van der Waals surface area contributed by atoms with Gasteiger partial charge in [0.15, 0.2) is 6.61 Å². The SMILES string of the molecule is CC(=O)CC1CCc2c(cccc2OCC(=O)O)C1. The second-order valence-electron chi connectivity index (χ2n) is 5.09. The number of hydrogen-bond acceptors (Lipinski definition) is 3. The van der Waals surface area contributed by atoms with E-state index in [4.69, 9.17) is 9.84 Å². The molecule has 1 N–H and O–H groups in total. The molecule has 4 nitrogen and oxygen atoms in total. The molecule has 0 amide bonds. The molecule has 1 aliphatic rings. The third-order valence-corrected chi connectivity index (χ3v) is 3.47. The van der Waals surface area contributed by atoms with Crippen LogP contribution in [0.15, 0.2) is 18.2 Å². The summed E-state index contributed by atoms with van der Waals surface area (Å²) in [4.78, 5) is 21.7. The molecule has 1 atom stereocenters. The van der Waals surface area contributed by atoms with Crippen molar-refractivity contribution in [1.82, 2.24) is 0 Å². The first-order valence-electron chi connectivity index (χ1n) is 6.51. The predicted octanol–water partition coefficient (Wildman–Crippen LogP) is 2.23. The maximum atomic E-state index is 11.2. The van der Waals surface area contributed by atoms with Crippen LogP contribution in [0.2, 0.25) is 0 Å². The Morgan fingerprint density at radius 3 is 2.89 bits per heavy atom. The van der Waals surface area contributed by atoms with Crippen molar-refractivity contribution < 1.29 is 19.4 Å². The molecule has 4 heteroatoms. The van der Waals surface area contributed by atoms with E-state index in [9.17, 15) is 9.59 Å². The highest BCUT2D eigenvalue weighted by Crippen LogP contribution is 2.33. The van der Waals surface area contributed by atoms with Crippen molar-refractivity contribution in [3.8, 4) is 5.75 Å². The zero-order chi connectivity index (χ0) is 13.8. The van der Waals surface area contributed by atoms with Gasteiger partial charge in [-0.15, -0.1) is 0 Å². The first-order chi connectivity index (χ1) is 9.06. The van der Waals surface area contributed by atoms with Gasteiger partial charge < -0.3 is 14.6 Å². The van der Waals surface area contributed by atoms with E-state index in [1.807, 2.05) is 18.2 Å². The topological polar surface area (TPSA) is 63.6 Å². The van der Waals surface area contributed by atoms with Crippen LogP contribution in [0.5, 0.6) is 5.75 Å². The second-order valence-corrected chi connectivity index (χ2v) is 5.09. The van der Waals surface area contributed by atoms with Gasteiger partial charge in [0.2, 0.25) is 0 Å². The zero-order valence-electron chi connectivity index (χ0n) is 11.0. The number of fused-ring (bicyclic) bond motifs is 1. The molecule has 0 spiro atoms. The molecule has 0 saturated heterocycles. The molecular weight excluding hydrogens is 244 g/mol. The summed E-state index contributed by atoms with van der Waals surface area (Å²) < 4.78 is 5.32. The van der Waals surface area contributed by atoms with Crippen LogP contribution in [0.1, 0.15) is 30.9 Å². The van der Waals surface area contributed by atoms with Crippen molar-refractivity contribution in [2.75, 3.05) is 6.61 Å². The fourth-order valence-electron chi connectivity index (χ4n) is 2.70. The summed E-state index contributed by atoms with van der Waals surface area (Å²) in [5.74, 6) is 0.329. The normalized spacial score (nSPS) is 17.6.